The van der Waals surface area contributed by atoms with E-state index in [9.17, 15) is 18.0 Å². The Labute approximate surface area is 177 Å². The highest BCUT2D eigenvalue weighted by Crippen LogP contribution is 2.35. The molecule has 3 rings (SSSR count). The maximum absolute atomic E-state index is 13.3. The Morgan fingerprint density at radius 2 is 1.80 bits per heavy atom. The van der Waals surface area contributed by atoms with E-state index in [1.54, 1.807) is 35.2 Å². The van der Waals surface area contributed by atoms with Gasteiger partial charge in [0.2, 0.25) is 0 Å². The van der Waals surface area contributed by atoms with E-state index < -0.39 is 17.3 Å². The highest BCUT2D eigenvalue weighted by atomic mass is 35.5. The van der Waals surface area contributed by atoms with Gasteiger partial charge in [-0.25, -0.2) is 4.79 Å². The third kappa shape index (κ3) is 4.62. The molecule has 2 aromatic rings. The molecule has 1 heterocycles. The normalized spacial score (nSPS) is 19.4. The molecule has 5 nitrogen and oxygen atoms in total. The number of carbonyl (C=O) groups is 1. The molecule has 0 aliphatic carbocycles. The SMILES string of the molecule is C[C@@H]1CN(C(=O)Nc2ccc(Cl)cc2)[C@@H](C)CN1c1ccc(C#N)c(C(F)(F)F)c1. The van der Waals surface area contributed by atoms with Crippen LogP contribution >= 0.6 is 11.6 Å². The highest BCUT2D eigenvalue weighted by Gasteiger charge is 2.36. The minimum absolute atomic E-state index is 0.216. The van der Waals surface area contributed by atoms with Gasteiger partial charge in [0.25, 0.3) is 0 Å². The lowest BCUT2D eigenvalue weighted by molar-refractivity contribution is -0.137. The number of hydrogen-bond acceptors (Lipinski definition) is 3. The zero-order valence-electron chi connectivity index (χ0n) is 16.4. The molecule has 0 unspecified atom stereocenters. The van der Waals surface area contributed by atoms with Crippen molar-refractivity contribution in [1.29, 1.82) is 5.26 Å². The number of alkyl halides is 3. The van der Waals surface area contributed by atoms with Crippen LogP contribution in [-0.4, -0.2) is 36.1 Å². The molecule has 0 bridgehead atoms. The van der Waals surface area contributed by atoms with Gasteiger partial charge < -0.3 is 15.1 Å². The van der Waals surface area contributed by atoms with E-state index in [2.05, 4.69) is 5.32 Å². The van der Waals surface area contributed by atoms with Gasteiger partial charge in [-0.05, 0) is 56.3 Å². The second-order valence-corrected chi connectivity index (χ2v) is 7.72. The summed E-state index contributed by atoms with van der Waals surface area (Å²) >= 11 is 5.85. The first kappa shape index (κ1) is 21.8. The van der Waals surface area contributed by atoms with E-state index in [0.717, 1.165) is 6.07 Å². The zero-order valence-corrected chi connectivity index (χ0v) is 17.1. The largest absolute Gasteiger partial charge is 0.417 e. The van der Waals surface area contributed by atoms with Crippen molar-refractivity contribution >= 4 is 29.0 Å². The molecule has 2 atom stereocenters. The second kappa shape index (κ2) is 8.44. The van der Waals surface area contributed by atoms with E-state index in [1.807, 2.05) is 18.7 Å². The molecular formula is C21H20ClF3N4O. The number of piperazine rings is 1. The lowest BCUT2D eigenvalue weighted by Gasteiger charge is -2.45. The molecule has 158 valence electrons. The monoisotopic (exact) mass is 436 g/mol. The van der Waals surface area contributed by atoms with Gasteiger partial charge in [0.15, 0.2) is 0 Å². The highest BCUT2D eigenvalue weighted by molar-refractivity contribution is 6.30. The van der Waals surface area contributed by atoms with Gasteiger partial charge in [0.1, 0.15) is 0 Å². The zero-order chi connectivity index (χ0) is 22.1. The van der Waals surface area contributed by atoms with Crippen LogP contribution in [0.3, 0.4) is 0 Å². The molecule has 0 radical (unpaired) electrons. The molecule has 1 saturated heterocycles. The van der Waals surface area contributed by atoms with E-state index >= 15 is 0 Å². The van der Waals surface area contributed by atoms with Crippen LogP contribution in [0, 0.1) is 11.3 Å². The Hall–Kier alpha value is -2.92. The number of halogens is 4. The van der Waals surface area contributed by atoms with E-state index in [0.29, 0.717) is 29.5 Å². The minimum atomic E-state index is -4.61. The van der Waals surface area contributed by atoms with Crippen molar-refractivity contribution in [3.8, 4) is 6.07 Å². The fourth-order valence-electron chi connectivity index (χ4n) is 3.54. The molecule has 0 aromatic heterocycles. The second-order valence-electron chi connectivity index (χ2n) is 7.28. The van der Waals surface area contributed by atoms with Crippen LogP contribution in [0.25, 0.3) is 0 Å². The number of anilines is 2. The molecule has 1 fully saturated rings. The Morgan fingerprint density at radius 3 is 2.40 bits per heavy atom. The Morgan fingerprint density at radius 1 is 1.13 bits per heavy atom. The molecule has 9 heteroatoms. The van der Waals surface area contributed by atoms with Crippen molar-refractivity contribution in [2.45, 2.75) is 32.1 Å². The van der Waals surface area contributed by atoms with Gasteiger partial charge in [0, 0.05) is 41.6 Å². The first-order valence-electron chi connectivity index (χ1n) is 9.31. The molecule has 30 heavy (non-hydrogen) atoms. The lowest BCUT2D eigenvalue weighted by Crippen LogP contribution is -2.59. The number of nitrogens with zero attached hydrogens (tertiary/aromatic N) is 3. The summed E-state index contributed by atoms with van der Waals surface area (Å²) in [7, 11) is 0. The van der Waals surface area contributed by atoms with Gasteiger partial charge in [-0.1, -0.05) is 11.6 Å². The summed E-state index contributed by atoms with van der Waals surface area (Å²) in [5.74, 6) is 0. The van der Waals surface area contributed by atoms with Gasteiger partial charge in [-0.15, -0.1) is 0 Å². The summed E-state index contributed by atoms with van der Waals surface area (Å²) in [5.41, 5.74) is -0.384. The van der Waals surface area contributed by atoms with Crippen molar-refractivity contribution < 1.29 is 18.0 Å². The first-order chi connectivity index (χ1) is 14.1. The Kier molecular flexibility index (Phi) is 6.13. The summed E-state index contributed by atoms with van der Waals surface area (Å²) in [6, 6.07) is 11.3. The third-order valence-corrected chi connectivity index (χ3v) is 5.35. The molecule has 2 aromatic carbocycles. The topological polar surface area (TPSA) is 59.4 Å². The number of carbonyl (C=O) groups excluding carboxylic acids is 1. The molecular weight excluding hydrogens is 417 g/mol. The number of amides is 2. The summed E-state index contributed by atoms with van der Waals surface area (Å²) in [6.45, 7) is 4.38. The van der Waals surface area contributed by atoms with Crippen LogP contribution in [0.1, 0.15) is 25.0 Å². The third-order valence-electron chi connectivity index (χ3n) is 5.10. The lowest BCUT2D eigenvalue weighted by atomic mass is 10.0. The number of benzene rings is 2. The molecule has 1 aliphatic heterocycles. The molecule has 0 spiro atoms. The van der Waals surface area contributed by atoms with Crippen molar-refractivity contribution in [2.75, 3.05) is 23.3 Å². The van der Waals surface area contributed by atoms with E-state index in [-0.39, 0.29) is 18.1 Å². The van der Waals surface area contributed by atoms with Crippen LogP contribution in [0.4, 0.5) is 29.3 Å². The molecule has 2 amide bonds. The summed E-state index contributed by atoms with van der Waals surface area (Å²) in [4.78, 5) is 16.2. The fraction of sp³-hybridized carbons (Fsp3) is 0.333. The summed E-state index contributed by atoms with van der Waals surface area (Å²) < 4.78 is 40.0. The summed E-state index contributed by atoms with van der Waals surface area (Å²) in [5, 5.41) is 12.4. The van der Waals surface area contributed by atoms with Crippen LogP contribution in [-0.2, 0) is 6.18 Å². The predicted molar refractivity (Wildman–Crippen MR) is 110 cm³/mol. The number of urea groups is 1. The minimum Gasteiger partial charge on any atom is -0.365 e. The average molecular weight is 437 g/mol. The van der Waals surface area contributed by atoms with Crippen LogP contribution in [0.5, 0.6) is 0 Å². The Balaban J connectivity index is 1.77. The van der Waals surface area contributed by atoms with Crippen LogP contribution in [0.15, 0.2) is 42.5 Å². The van der Waals surface area contributed by atoms with Gasteiger partial charge in [0.05, 0.1) is 17.2 Å². The van der Waals surface area contributed by atoms with Crippen LogP contribution in [0.2, 0.25) is 5.02 Å². The average Bonchev–Trinajstić information content (AvgIpc) is 2.70. The van der Waals surface area contributed by atoms with Crippen molar-refractivity contribution in [1.82, 2.24) is 4.90 Å². The van der Waals surface area contributed by atoms with E-state index in [1.165, 1.54) is 12.1 Å². The number of rotatable bonds is 2. The van der Waals surface area contributed by atoms with Crippen molar-refractivity contribution in [3.63, 3.8) is 0 Å². The van der Waals surface area contributed by atoms with Gasteiger partial charge >= 0.3 is 12.2 Å². The standard InChI is InChI=1S/C21H20ClF3N4O/c1-13-12-29(20(30)27-17-6-4-16(22)5-7-17)14(2)11-28(13)18-8-3-15(10-26)19(9-18)21(23,24)25/h3-9,13-14H,11-12H2,1-2H3,(H,27,30)/t13-,14+/m1/s1. The maximum Gasteiger partial charge on any atom is 0.417 e. The number of nitriles is 1. The maximum atomic E-state index is 13.3. The predicted octanol–water partition coefficient (Wildman–Crippen LogP) is 5.36. The smallest absolute Gasteiger partial charge is 0.365 e. The van der Waals surface area contributed by atoms with Gasteiger partial charge in [-0.2, -0.15) is 18.4 Å². The molecule has 0 saturated carbocycles. The summed E-state index contributed by atoms with van der Waals surface area (Å²) in [6.07, 6.45) is -4.61. The first-order valence-corrected chi connectivity index (χ1v) is 9.69. The molecule has 1 N–H and O–H groups in total. The number of hydrogen-bond donors (Lipinski definition) is 1. The van der Waals surface area contributed by atoms with Crippen molar-refractivity contribution in [3.05, 3.63) is 58.6 Å². The number of nitrogens with one attached hydrogen (secondary N) is 1. The molecule has 1 aliphatic rings. The fourth-order valence-corrected chi connectivity index (χ4v) is 3.67. The van der Waals surface area contributed by atoms with Crippen LogP contribution < -0.4 is 10.2 Å². The van der Waals surface area contributed by atoms with E-state index in [4.69, 9.17) is 16.9 Å². The van der Waals surface area contributed by atoms with Gasteiger partial charge in [-0.3, -0.25) is 0 Å². The van der Waals surface area contributed by atoms with Crippen molar-refractivity contribution in [2.24, 2.45) is 0 Å². The quantitative estimate of drug-likeness (QED) is 0.689. The Bertz CT molecular complexity index is 972.